The van der Waals surface area contributed by atoms with Crippen molar-refractivity contribution >= 4 is 80.4 Å². The molecular weight excluding hydrogens is 857 g/mol. The van der Waals surface area contributed by atoms with Gasteiger partial charge in [-0.25, -0.2) is 0 Å². The second kappa shape index (κ2) is 20.1. The molecule has 0 saturated heterocycles. The zero-order valence-corrected chi connectivity index (χ0v) is 40.4. The highest BCUT2D eigenvalue weighted by molar-refractivity contribution is 7.16. The number of benzene rings is 9. The van der Waals surface area contributed by atoms with Crippen molar-refractivity contribution in [1.82, 2.24) is 0 Å². The van der Waals surface area contributed by atoms with Crippen molar-refractivity contribution in [2.75, 3.05) is 0 Å². The molecule has 9 aromatic rings. The lowest BCUT2D eigenvalue weighted by molar-refractivity contribution is 0.360. The summed E-state index contributed by atoms with van der Waals surface area (Å²) in [6.45, 7) is 4.27. The van der Waals surface area contributed by atoms with Crippen LogP contribution in [0.1, 0.15) is 6.42 Å². The number of hydrogen-bond acceptors (Lipinski definition) is 3. The highest BCUT2D eigenvalue weighted by Crippen LogP contribution is 2.29. The summed E-state index contributed by atoms with van der Waals surface area (Å²) in [6.07, 6.45) is 2.79. The number of allylic oxidation sites excluding steroid dienone is 1. The van der Waals surface area contributed by atoms with E-state index in [0.29, 0.717) is 0 Å². The highest BCUT2D eigenvalue weighted by atomic mass is 28.5. The Morgan fingerprint density at radius 1 is 0.277 bits per heavy atom. The van der Waals surface area contributed by atoms with Crippen molar-refractivity contribution in [3.05, 3.63) is 286 Å². The largest absolute Gasteiger partial charge is 0.422 e. The van der Waals surface area contributed by atoms with E-state index in [4.69, 9.17) is 12.3 Å². The second-order valence-electron chi connectivity index (χ2n) is 16.2. The minimum Gasteiger partial charge on any atom is -0.422 e. The average Bonchev–Trinajstić information content (AvgIpc) is 3.41. The Bertz CT molecular complexity index is 2630. The minimum absolute atomic E-state index is 0.755. The standard InChI is InChI=1S/C58H52O3Si4/c1-2-3-49-62(50-31-13-4-14-32-50,51-33-15-5-16-34-51)59-64(55-41-23-9-24-42-55,56-43-25-10-26-44-56)61-65(57-45-27-11-28-46-57,58-47-29-12-30-48-58)60-63(52-35-17-6-18-36-52,53-37-19-7-20-38-53)54-39-21-8-22-40-54/h2,4-48H,1,3,49H2. The molecule has 0 atom stereocenters. The molecule has 0 fully saturated rings. The molecule has 0 spiro atoms. The molecule has 9 rings (SSSR count). The van der Waals surface area contributed by atoms with Crippen LogP contribution in [0.3, 0.4) is 0 Å². The quantitative estimate of drug-likeness (QED) is 0.0506. The van der Waals surface area contributed by atoms with Crippen molar-refractivity contribution in [2.24, 2.45) is 0 Å². The topological polar surface area (TPSA) is 27.7 Å². The van der Waals surface area contributed by atoms with Gasteiger partial charge in [0.2, 0.25) is 8.32 Å². The summed E-state index contributed by atoms with van der Waals surface area (Å²) >= 11 is 0. The van der Waals surface area contributed by atoms with E-state index < -0.39 is 33.8 Å². The first kappa shape index (κ1) is 43.7. The fraction of sp³-hybridized carbons (Fsp3) is 0.0345. The Hall–Kier alpha value is -6.53. The molecule has 9 aromatic carbocycles. The Kier molecular flexibility index (Phi) is 13.5. The third kappa shape index (κ3) is 8.71. The van der Waals surface area contributed by atoms with E-state index in [0.717, 1.165) is 48.8 Å². The van der Waals surface area contributed by atoms with Gasteiger partial charge in [-0.2, -0.15) is 0 Å². The van der Waals surface area contributed by atoms with E-state index in [2.05, 4.69) is 280 Å². The van der Waals surface area contributed by atoms with Gasteiger partial charge >= 0.3 is 17.1 Å². The monoisotopic (exact) mass is 908 g/mol. The average molecular weight is 909 g/mol. The van der Waals surface area contributed by atoms with Gasteiger partial charge in [0.05, 0.1) is 0 Å². The van der Waals surface area contributed by atoms with Crippen molar-refractivity contribution < 1.29 is 12.3 Å². The molecule has 0 aliphatic heterocycles. The van der Waals surface area contributed by atoms with Crippen LogP contribution in [-0.4, -0.2) is 33.8 Å². The molecule has 318 valence electrons. The van der Waals surface area contributed by atoms with Gasteiger partial charge in [-0.15, -0.1) is 6.58 Å². The second-order valence-corrected chi connectivity index (χ2v) is 29.8. The van der Waals surface area contributed by atoms with Crippen LogP contribution in [0.5, 0.6) is 0 Å². The van der Waals surface area contributed by atoms with Crippen molar-refractivity contribution in [3.63, 3.8) is 0 Å². The predicted molar refractivity (Wildman–Crippen MR) is 281 cm³/mol. The van der Waals surface area contributed by atoms with Crippen LogP contribution in [-0.2, 0) is 12.3 Å². The first-order valence-electron chi connectivity index (χ1n) is 22.3. The van der Waals surface area contributed by atoms with E-state index in [1.54, 1.807) is 0 Å². The fourth-order valence-electron chi connectivity index (χ4n) is 9.18. The molecule has 0 unspecified atom stereocenters. The van der Waals surface area contributed by atoms with Crippen LogP contribution in [0.4, 0.5) is 0 Å². The Morgan fingerprint density at radius 3 is 0.769 bits per heavy atom. The molecule has 0 aliphatic carbocycles. The van der Waals surface area contributed by atoms with Gasteiger partial charge in [-0.1, -0.05) is 279 Å². The first-order chi connectivity index (χ1) is 32.1. The first-order valence-corrected chi connectivity index (χ1v) is 30.0. The van der Waals surface area contributed by atoms with Gasteiger partial charge in [-0.3, -0.25) is 0 Å². The van der Waals surface area contributed by atoms with Crippen molar-refractivity contribution in [2.45, 2.75) is 12.5 Å². The molecule has 3 nitrogen and oxygen atoms in total. The van der Waals surface area contributed by atoms with Gasteiger partial charge in [0.15, 0.2) is 0 Å². The Labute approximate surface area is 388 Å². The van der Waals surface area contributed by atoms with Crippen LogP contribution in [0.15, 0.2) is 286 Å². The van der Waals surface area contributed by atoms with Gasteiger partial charge < -0.3 is 12.3 Å². The van der Waals surface area contributed by atoms with Crippen molar-refractivity contribution in [3.8, 4) is 0 Å². The van der Waals surface area contributed by atoms with Crippen LogP contribution < -0.4 is 46.7 Å². The maximum Gasteiger partial charge on any atom is 0.389 e. The van der Waals surface area contributed by atoms with E-state index in [-0.39, 0.29) is 0 Å². The summed E-state index contributed by atoms with van der Waals surface area (Å²) in [5, 5.41) is 9.73. The summed E-state index contributed by atoms with van der Waals surface area (Å²) in [5.74, 6) is 0. The normalized spacial score (nSPS) is 12.1. The maximum absolute atomic E-state index is 8.85. The van der Waals surface area contributed by atoms with Gasteiger partial charge in [0.25, 0.3) is 8.32 Å². The Balaban J connectivity index is 1.44. The lowest BCUT2D eigenvalue weighted by Crippen LogP contribution is -2.83. The summed E-state index contributed by atoms with van der Waals surface area (Å²) in [7, 11) is -14.9. The third-order valence-corrected chi connectivity index (χ3v) is 30.8. The maximum atomic E-state index is 8.85. The molecule has 0 radical (unpaired) electrons. The highest BCUT2D eigenvalue weighted by Gasteiger charge is 2.61. The van der Waals surface area contributed by atoms with E-state index in [1.807, 2.05) is 6.08 Å². The van der Waals surface area contributed by atoms with Gasteiger partial charge in [0, 0.05) is 0 Å². The molecule has 65 heavy (non-hydrogen) atoms. The Morgan fingerprint density at radius 2 is 0.508 bits per heavy atom. The molecule has 0 aromatic heterocycles. The van der Waals surface area contributed by atoms with Crippen molar-refractivity contribution in [1.29, 1.82) is 0 Å². The lowest BCUT2D eigenvalue weighted by atomic mass is 10.3. The van der Waals surface area contributed by atoms with E-state index in [9.17, 15) is 0 Å². The number of hydrogen-bond donors (Lipinski definition) is 0. The SMILES string of the molecule is C=CCC[Si](O[Si](O[Si](O[Si](c1ccccc1)(c1ccccc1)c1ccccc1)(c1ccccc1)c1ccccc1)(c1ccccc1)c1ccccc1)(c1ccccc1)c1ccccc1. The molecule has 0 heterocycles. The third-order valence-electron chi connectivity index (χ3n) is 12.2. The molecule has 0 N–H and O–H groups in total. The van der Waals surface area contributed by atoms with Crippen LogP contribution >= 0.6 is 0 Å². The van der Waals surface area contributed by atoms with Gasteiger partial charge in [-0.05, 0) is 59.1 Å². The van der Waals surface area contributed by atoms with Gasteiger partial charge in [0.1, 0.15) is 0 Å². The molecule has 0 bridgehead atoms. The molecule has 0 aliphatic rings. The van der Waals surface area contributed by atoms with Crippen LogP contribution in [0, 0.1) is 0 Å². The summed E-state index contributed by atoms with van der Waals surface area (Å²) < 4.78 is 26.3. The predicted octanol–water partition coefficient (Wildman–Crippen LogP) is 7.55. The minimum atomic E-state index is -4.06. The molecular formula is C58H52O3Si4. The lowest BCUT2D eigenvalue weighted by Gasteiger charge is -2.49. The summed E-state index contributed by atoms with van der Waals surface area (Å²) in [6, 6.07) is 98.1. The van der Waals surface area contributed by atoms with Crippen LogP contribution in [0.25, 0.3) is 0 Å². The molecule has 0 amide bonds. The zero-order valence-electron chi connectivity index (χ0n) is 36.4. The van der Waals surface area contributed by atoms with Crippen LogP contribution in [0.2, 0.25) is 6.04 Å². The smallest absolute Gasteiger partial charge is 0.389 e. The summed E-state index contributed by atoms with van der Waals surface area (Å²) in [5.41, 5.74) is 0. The van der Waals surface area contributed by atoms with E-state index in [1.165, 1.54) is 10.4 Å². The molecule has 0 saturated carbocycles. The number of rotatable bonds is 18. The summed E-state index contributed by atoms with van der Waals surface area (Å²) in [4.78, 5) is 0. The van der Waals surface area contributed by atoms with E-state index >= 15 is 0 Å². The molecule has 7 heteroatoms. The fourth-order valence-corrected chi connectivity index (χ4v) is 31.3. The zero-order chi connectivity index (χ0) is 44.3.